The van der Waals surface area contributed by atoms with E-state index in [1.165, 1.54) is 16.7 Å². The third-order valence-electron chi connectivity index (χ3n) is 9.93. The molecule has 0 amide bonds. The van der Waals surface area contributed by atoms with Crippen LogP contribution in [-0.2, 0) is 32.5 Å². The molecule has 7 rings (SSSR count). The first-order valence-electron chi connectivity index (χ1n) is 14.6. The van der Waals surface area contributed by atoms with E-state index in [0.29, 0.717) is 37.2 Å². The van der Waals surface area contributed by atoms with E-state index >= 15 is 0 Å². The summed E-state index contributed by atoms with van der Waals surface area (Å²) in [4.78, 5) is 26.6. The lowest BCUT2D eigenvalue weighted by atomic mass is 9.44. The van der Waals surface area contributed by atoms with Crippen molar-refractivity contribution in [3.8, 4) is 22.6 Å². The average molecular weight is 554 g/mol. The molecule has 3 aromatic rings. The smallest absolute Gasteiger partial charge is 0.493 e. The number of carbonyl (C=O) groups excluding carboxylic acids is 2. The van der Waals surface area contributed by atoms with Gasteiger partial charge in [-0.2, -0.15) is 0 Å². The number of Topliss-reactive ketones (excluding diaryl/α,β-unsaturated/α-hetero) is 1. The van der Waals surface area contributed by atoms with Crippen LogP contribution in [-0.4, -0.2) is 43.4 Å². The fourth-order valence-electron chi connectivity index (χ4n) is 8.13. The molecule has 7 nitrogen and oxygen atoms in total. The van der Waals surface area contributed by atoms with Crippen LogP contribution in [0.3, 0.4) is 0 Å². The molecule has 7 heteroatoms. The first-order valence-corrected chi connectivity index (χ1v) is 14.6. The van der Waals surface area contributed by atoms with Crippen LogP contribution in [0.15, 0.2) is 66.7 Å². The van der Waals surface area contributed by atoms with Gasteiger partial charge in [0.05, 0.1) is 19.1 Å². The van der Waals surface area contributed by atoms with Gasteiger partial charge in [0.2, 0.25) is 0 Å². The number of ketones is 1. The summed E-state index contributed by atoms with van der Waals surface area (Å²) in [5, 5.41) is 0. The van der Waals surface area contributed by atoms with Gasteiger partial charge in [0.15, 0.2) is 23.4 Å². The van der Waals surface area contributed by atoms with Crippen LogP contribution in [0, 0.1) is 5.92 Å². The van der Waals surface area contributed by atoms with Crippen LogP contribution in [0.1, 0.15) is 48.8 Å². The van der Waals surface area contributed by atoms with Crippen molar-refractivity contribution in [1.82, 2.24) is 0 Å². The average Bonchev–Trinajstić information content (AvgIpc) is 3.36. The van der Waals surface area contributed by atoms with Crippen LogP contribution in [0.2, 0.25) is 0 Å². The van der Waals surface area contributed by atoms with E-state index in [-0.39, 0.29) is 30.8 Å². The molecule has 5 unspecified atom stereocenters. The zero-order valence-electron chi connectivity index (χ0n) is 23.3. The molecule has 0 aromatic heterocycles. The van der Waals surface area contributed by atoms with Gasteiger partial charge < -0.3 is 24.7 Å². The van der Waals surface area contributed by atoms with Crippen LogP contribution in [0.4, 0.5) is 4.79 Å². The second-order valence-corrected chi connectivity index (χ2v) is 11.8. The van der Waals surface area contributed by atoms with Crippen molar-refractivity contribution in [2.45, 2.75) is 68.1 Å². The maximum atomic E-state index is 13.3. The maximum absolute atomic E-state index is 13.3. The molecule has 0 radical (unpaired) electrons. The van der Waals surface area contributed by atoms with Crippen LogP contribution >= 0.6 is 0 Å². The quantitative estimate of drug-likeness (QED) is 0.303. The molecular formula is C34H35NO6. The number of hydrogen-bond donors (Lipinski definition) is 1. The second-order valence-electron chi connectivity index (χ2n) is 11.8. The number of methoxy groups -OCH3 is 1. The molecule has 3 aliphatic carbocycles. The van der Waals surface area contributed by atoms with E-state index in [2.05, 4.69) is 36.4 Å². The highest BCUT2D eigenvalue weighted by atomic mass is 16.7. The molecule has 1 spiro atoms. The predicted molar refractivity (Wildman–Crippen MR) is 153 cm³/mol. The highest BCUT2D eigenvalue weighted by molar-refractivity contribution is 5.90. The fraction of sp³-hybridized carbons (Fsp3) is 0.412. The van der Waals surface area contributed by atoms with E-state index in [1.54, 1.807) is 7.11 Å². The Morgan fingerprint density at radius 2 is 1.80 bits per heavy atom. The standard InChI is InChI=1S/C34H35NO6/c1-38-28-14-13-24-20-25-26(35)15-17-33-29(24)30(28)40-31(33)27(36)16-18-34(25,33)41-32(37)39-19-5-6-21-9-11-23(12-10-21)22-7-3-2-4-8-22/h2-4,7-14,25-26,31H,5-6,15-20,35H2,1H3. The predicted octanol–water partition coefficient (Wildman–Crippen LogP) is 5.54. The fourth-order valence-corrected chi connectivity index (χ4v) is 8.13. The third-order valence-corrected chi connectivity index (χ3v) is 9.93. The number of ether oxygens (including phenoxy) is 4. The van der Waals surface area contributed by atoms with Gasteiger partial charge in [-0.1, -0.05) is 60.7 Å². The van der Waals surface area contributed by atoms with Crippen molar-refractivity contribution in [2.24, 2.45) is 11.7 Å². The summed E-state index contributed by atoms with van der Waals surface area (Å²) in [6.45, 7) is 0.244. The Kier molecular flexibility index (Phi) is 6.31. The van der Waals surface area contributed by atoms with Gasteiger partial charge in [0, 0.05) is 23.9 Å². The lowest BCUT2D eigenvalue weighted by Crippen LogP contribution is -2.74. The minimum Gasteiger partial charge on any atom is -0.493 e. The topological polar surface area (TPSA) is 97.1 Å². The van der Waals surface area contributed by atoms with Gasteiger partial charge in [0.1, 0.15) is 5.60 Å². The van der Waals surface area contributed by atoms with Crippen molar-refractivity contribution in [1.29, 1.82) is 0 Å². The van der Waals surface area contributed by atoms with Gasteiger partial charge in [-0.3, -0.25) is 4.79 Å². The van der Waals surface area contributed by atoms with Crippen molar-refractivity contribution < 1.29 is 28.5 Å². The molecule has 2 bridgehead atoms. The Bertz CT molecular complexity index is 1490. The van der Waals surface area contributed by atoms with Crippen LogP contribution < -0.4 is 15.2 Å². The number of benzene rings is 3. The highest BCUT2D eigenvalue weighted by Crippen LogP contribution is 2.68. The van der Waals surface area contributed by atoms with Gasteiger partial charge in [0.25, 0.3) is 0 Å². The molecule has 2 fully saturated rings. The molecule has 2 N–H and O–H groups in total. The lowest BCUT2D eigenvalue weighted by molar-refractivity contribution is -0.189. The number of carbonyl (C=O) groups is 2. The van der Waals surface area contributed by atoms with E-state index < -0.39 is 23.3 Å². The molecule has 1 aliphatic heterocycles. The summed E-state index contributed by atoms with van der Waals surface area (Å²) < 4.78 is 24.1. The van der Waals surface area contributed by atoms with E-state index in [1.807, 2.05) is 30.3 Å². The van der Waals surface area contributed by atoms with E-state index in [9.17, 15) is 9.59 Å². The normalized spacial score (nSPS) is 28.8. The summed E-state index contributed by atoms with van der Waals surface area (Å²) in [6, 6.07) is 22.5. The van der Waals surface area contributed by atoms with Crippen molar-refractivity contribution in [3.63, 3.8) is 0 Å². The Balaban J connectivity index is 1.08. The zero-order chi connectivity index (χ0) is 28.2. The summed E-state index contributed by atoms with van der Waals surface area (Å²) in [6.07, 6.45) is 2.74. The second kappa shape index (κ2) is 9.91. The molecule has 4 aliphatic rings. The number of aryl methyl sites for hydroxylation is 1. The minimum absolute atomic E-state index is 0.0381. The van der Waals surface area contributed by atoms with E-state index in [0.717, 1.165) is 24.0 Å². The molecular weight excluding hydrogens is 518 g/mol. The van der Waals surface area contributed by atoms with Gasteiger partial charge in [-0.05, 0) is 66.8 Å². The molecule has 0 saturated heterocycles. The lowest BCUT2D eigenvalue weighted by Gasteiger charge is -2.62. The minimum atomic E-state index is -0.960. The Labute approximate surface area is 239 Å². The first kappa shape index (κ1) is 26.1. The Hall–Kier alpha value is -3.84. The molecule has 212 valence electrons. The summed E-state index contributed by atoms with van der Waals surface area (Å²) in [7, 11) is 1.60. The monoisotopic (exact) mass is 553 g/mol. The number of hydrogen-bond acceptors (Lipinski definition) is 7. The van der Waals surface area contributed by atoms with Crippen molar-refractivity contribution >= 4 is 11.9 Å². The van der Waals surface area contributed by atoms with Gasteiger partial charge in [-0.25, -0.2) is 4.79 Å². The largest absolute Gasteiger partial charge is 0.508 e. The molecule has 5 atom stereocenters. The Morgan fingerprint density at radius 3 is 2.59 bits per heavy atom. The van der Waals surface area contributed by atoms with Gasteiger partial charge in [-0.15, -0.1) is 0 Å². The van der Waals surface area contributed by atoms with Crippen LogP contribution in [0.5, 0.6) is 11.5 Å². The highest BCUT2D eigenvalue weighted by Gasteiger charge is 2.75. The van der Waals surface area contributed by atoms with E-state index in [4.69, 9.17) is 24.7 Å². The Morgan fingerprint density at radius 1 is 1.02 bits per heavy atom. The first-order chi connectivity index (χ1) is 20.0. The molecule has 2 saturated carbocycles. The number of rotatable bonds is 7. The summed E-state index contributed by atoms with van der Waals surface area (Å²) in [5.41, 5.74) is 10.6. The summed E-state index contributed by atoms with van der Waals surface area (Å²) >= 11 is 0. The van der Waals surface area contributed by atoms with Crippen molar-refractivity contribution in [3.05, 3.63) is 83.4 Å². The molecule has 41 heavy (non-hydrogen) atoms. The number of nitrogens with two attached hydrogens (primary N) is 1. The third kappa shape index (κ3) is 3.89. The molecule has 3 aromatic carbocycles. The van der Waals surface area contributed by atoms with Gasteiger partial charge >= 0.3 is 6.16 Å². The maximum Gasteiger partial charge on any atom is 0.508 e. The summed E-state index contributed by atoms with van der Waals surface area (Å²) in [5.74, 6) is 1.12. The zero-order valence-corrected chi connectivity index (χ0v) is 23.3. The van der Waals surface area contributed by atoms with Crippen molar-refractivity contribution in [2.75, 3.05) is 13.7 Å². The SMILES string of the molecule is COc1ccc2c3c1OC1C(=O)CCC4(OC(=O)OCCCc5ccc(-c6ccccc6)cc5)C(C2)C(N)CCC314. The molecule has 1 heterocycles. The van der Waals surface area contributed by atoms with Crippen LogP contribution in [0.25, 0.3) is 11.1 Å².